The van der Waals surface area contributed by atoms with Gasteiger partial charge >= 0.3 is 0 Å². The largest absolute Gasteiger partial charge is 0.391 e. The number of likely N-dealkylation sites (tertiary alicyclic amines) is 1. The molecule has 2 aromatic heterocycles. The van der Waals surface area contributed by atoms with E-state index in [1.165, 1.54) is 0 Å². The zero-order valence-corrected chi connectivity index (χ0v) is 20.8. The number of aryl methyl sites for hydroxylation is 3. The number of aromatic amines is 1. The summed E-state index contributed by atoms with van der Waals surface area (Å²) in [4.78, 5) is 38.0. The third kappa shape index (κ3) is 5.10. The minimum Gasteiger partial charge on any atom is -0.391 e. The average molecular weight is 482 g/mol. The van der Waals surface area contributed by atoms with Gasteiger partial charge in [-0.2, -0.15) is 5.10 Å². The third-order valence-electron chi connectivity index (χ3n) is 6.38. The summed E-state index contributed by atoms with van der Waals surface area (Å²) in [6, 6.07) is 7.56. The van der Waals surface area contributed by atoms with E-state index in [1.807, 2.05) is 38.4 Å². The van der Waals surface area contributed by atoms with E-state index < -0.39 is 18.1 Å². The highest BCUT2D eigenvalue weighted by atomic mass is 32.1. The van der Waals surface area contributed by atoms with Crippen molar-refractivity contribution in [3.63, 3.8) is 0 Å². The Balaban J connectivity index is 1.43. The Morgan fingerprint density at radius 1 is 1.24 bits per heavy atom. The number of nitrogens with zero attached hydrogens (tertiary/aromatic N) is 4. The Morgan fingerprint density at radius 2 is 1.97 bits per heavy atom. The summed E-state index contributed by atoms with van der Waals surface area (Å²) in [6.45, 7) is 7.82. The van der Waals surface area contributed by atoms with E-state index in [2.05, 4.69) is 32.3 Å². The molecule has 3 aromatic rings. The average Bonchev–Trinajstić information content (AvgIpc) is 3.52. The van der Waals surface area contributed by atoms with Gasteiger partial charge < -0.3 is 10.0 Å². The first-order chi connectivity index (χ1) is 16.2. The first kappa shape index (κ1) is 24.2. The van der Waals surface area contributed by atoms with Crippen LogP contribution in [0.15, 0.2) is 29.8 Å². The number of aliphatic hydroxyl groups is 1. The Bertz CT molecular complexity index is 1150. The number of rotatable bonds is 8. The molecule has 1 aromatic carbocycles. The number of hydrogen-bond acceptors (Lipinski definition) is 7. The number of β-amino-alcohol motifs (C(OH)–C–C–N with tert-alkyl or cyclic N) is 1. The standard InChI is InChI=1S/C25H31N5O3S/c1-14(2)22(24-27-16(4)28-29-24)25(33)30-12-19(31)11-20(30)21(32)10-7-17-5-8-18(9-6-17)23-15(3)26-13-34-23/h5-6,8-9,13-14,19-20,22,31H,7,10-12H2,1-4H3,(H,27,28,29)/t19-,20+,22-/m1/s1. The summed E-state index contributed by atoms with van der Waals surface area (Å²) in [5.41, 5.74) is 5.03. The van der Waals surface area contributed by atoms with Crippen LogP contribution < -0.4 is 0 Å². The summed E-state index contributed by atoms with van der Waals surface area (Å²) < 4.78 is 0. The Kier molecular flexibility index (Phi) is 7.23. The van der Waals surface area contributed by atoms with Crippen molar-refractivity contribution >= 4 is 23.0 Å². The van der Waals surface area contributed by atoms with Crippen molar-refractivity contribution in [2.45, 2.75) is 65.0 Å². The van der Waals surface area contributed by atoms with Crippen LogP contribution in [0.5, 0.6) is 0 Å². The zero-order valence-electron chi connectivity index (χ0n) is 20.0. The molecule has 8 nitrogen and oxygen atoms in total. The quantitative estimate of drug-likeness (QED) is 0.510. The van der Waals surface area contributed by atoms with E-state index in [0.29, 0.717) is 24.5 Å². The highest BCUT2D eigenvalue weighted by Gasteiger charge is 2.42. The van der Waals surface area contributed by atoms with Crippen LogP contribution in [0.25, 0.3) is 10.4 Å². The van der Waals surface area contributed by atoms with Gasteiger partial charge in [-0.05, 0) is 37.3 Å². The van der Waals surface area contributed by atoms with Gasteiger partial charge in [0.2, 0.25) is 5.91 Å². The molecule has 1 aliphatic rings. The molecule has 3 atom stereocenters. The number of ketones is 1. The van der Waals surface area contributed by atoms with Crippen LogP contribution in [-0.4, -0.2) is 60.6 Å². The summed E-state index contributed by atoms with van der Waals surface area (Å²) in [6.07, 6.45) is 0.461. The molecular weight excluding hydrogens is 450 g/mol. The lowest BCUT2D eigenvalue weighted by Gasteiger charge is -2.28. The van der Waals surface area contributed by atoms with Crippen LogP contribution in [0.1, 0.15) is 55.5 Å². The van der Waals surface area contributed by atoms with Gasteiger partial charge in [0, 0.05) is 19.4 Å². The highest BCUT2D eigenvalue weighted by molar-refractivity contribution is 7.13. The van der Waals surface area contributed by atoms with Gasteiger partial charge in [0.15, 0.2) is 11.6 Å². The molecule has 0 bridgehead atoms. The molecule has 9 heteroatoms. The molecule has 1 aliphatic heterocycles. The highest BCUT2D eigenvalue weighted by Crippen LogP contribution is 2.30. The summed E-state index contributed by atoms with van der Waals surface area (Å²) in [5.74, 6) is 0.236. The monoisotopic (exact) mass is 481 g/mol. The van der Waals surface area contributed by atoms with Gasteiger partial charge in [0.25, 0.3) is 0 Å². The summed E-state index contributed by atoms with van der Waals surface area (Å²) >= 11 is 1.61. The third-order valence-corrected chi connectivity index (χ3v) is 7.36. The number of carbonyl (C=O) groups excluding carboxylic acids is 2. The summed E-state index contributed by atoms with van der Waals surface area (Å²) in [5, 5.41) is 17.3. The normalized spacial score (nSPS) is 19.1. The molecule has 0 radical (unpaired) electrons. The number of aromatic nitrogens is 4. The van der Waals surface area contributed by atoms with E-state index in [0.717, 1.165) is 21.7 Å². The van der Waals surface area contributed by atoms with Crippen molar-refractivity contribution in [2.24, 2.45) is 5.92 Å². The molecule has 0 saturated carbocycles. The van der Waals surface area contributed by atoms with Crippen molar-refractivity contribution in [1.29, 1.82) is 0 Å². The SMILES string of the molecule is Cc1nc([C@H](C(=O)N2C[C@H](O)C[C@H]2C(=O)CCc2ccc(-c3scnc3C)cc2)C(C)C)n[nH]1. The minimum absolute atomic E-state index is 0.0269. The van der Waals surface area contributed by atoms with E-state index >= 15 is 0 Å². The lowest BCUT2D eigenvalue weighted by atomic mass is 9.92. The van der Waals surface area contributed by atoms with Crippen LogP contribution in [0.2, 0.25) is 0 Å². The first-order valence-electron chi connectivity index (χ1n) is 11.6. The van der Waals surface area contributed by atoms with Gasteiger partial charge in [-0.3, -0.25) is 14.7 Å². The zero-order chi connectivity index (χ0) is 24.4. The molecule has 0 unspecified atom stereocenters. The van der Waals surface area contributed by atoms with Crippen LogP contribution in [-0.2, 0) is 16.0 Å². The fraction of sp³-hybridized carbons (Fsp3) is 0.480. The predicted molar refractivity (Wildman–Crippen MR) is 130 cm³/mol. The van der Waals surface area contributed by atoms with Gasteiger partial charge in [-0.1, -0.05) is 38.1 Å². The van der Waals surface area contributed by atoms with Gasteiger partial charge in [-0.25, -0.2) is 9.97 Å². The molecule has 180 valence electrons. The second-order valence-corrected chi connectivity index (χ2v) is 10.2. The van der Waals surface area contributed by atoms with Gasteiger partial charge in [0.05, 0.1) is 28.2 Å². The van der Waals surface area contributed by atoms with Crippen molar-refractivity contribution < 1.29 is 14.7 Å². The molecule has 1 amide bonds. The maximum absolute atomic E-state index is 13.5. The van der Waals surface area contributed by atoms with Crippen LogP contribution in [0.3, 0.4) is 0 Å². The Morgan fingerprint density at radius 3 is 2.56 bits per heavy atom. The minimum atomic E-state index is -0.707. The fourth-order valence-corrected chi connectivity index (χ4v) is 5.38. The van der Waals surface area contributed by atoms with E-state index in [1.54, 1.807) is 23.2 Å². The number of benzene rings is 1. The first-order valence-corrected chi connectivity index (χ1v) is 12.5. The lowest BCUT2D eigenvalue weighted by Crippen LogP contribution is -2.44. The molecule has 1 fully saturated rings. The topological polar surface area (TPSA) is 112 Å². The number of thiazole rings is 1. The molecule has 0 spiro atoms. The number of nitrogens with one attached hydrogen (secondary N) is 1. The molecule has 0 aliphatic carbocycles. The van der Waals surface area contributed by atoms with Crippen molar-refractivity contribution in [2.75, 3.05) is 6.54 Å². The smallest absolute Gasteiger partial charge is 0.234 e. The van der Waals surface area contributed by atoms with Crippen molar-refractivity contribution in [3.05, 3.63) is 52.7 Å². The van der Waals surface area contributed by atoms with E-state index in [-0.39, 0.29) is 30.6 Å². The second kappa shape index (κ2) is 10.1. The number of Topliss-reactive ketones (excluding diaryl/α,β-unsaturated/α-hetero) is 1. The van der Waals surface area contributed by atoms with Crippen LogP contribution >= 0.6 is 11.3 Å². The number of aliphatic hydroxyl groups excluding tert-OH is 1. The number of amides is 1. The van der Waals surface area contributed by atoms with Gasteiger partial charge in [-0.15, -0.1) is 11.3 Å². The number of H-pyrrole nitrogens is 1. The van der Waals surface area contributed by atoms with Crippen molar-refractivity contribution in [3.8, 4) is 10.4 Å². The maximum atomic E-state index is 13.5. The molecule has 1 saturated heterocycles. The molecule has 2 N–H and O–H groups in total. The Hall–Kier alpha value is -2.91. The van der Waals surface area contributed by atoms with Crippen molar-refractivity contribution in [1.82, 2.24) is 25.1 Å². The van der Waals surface area contributed by atoms with Gasteiger partial charge in [0.1, 0.15) is 11.7 Å². The molecule has 3 heterocycles. The fourth-order valence-electron chi connectivity index (χ4n) is 4.57. The van der Waals surface area contributed by atoms with E-state index in [4.69, 9.17) is 0 Å². The number of hydrogen-bond donors (Lipinski definition) is 2. The van der Waals surface area contributed by atoms with Crippen LogP contribution in [0, 0.1) is 19.8 Å². The maximum Gasteiger partial charge on any atom is 0.234 e. The predicted octanol–water partition coefficient (Wildman–Crippen LogP) is 3.45. The Labute approximate surface area is 203 Å². The summed E-state index contributed by atoms with van der Waals surface area (Å²) in [7, 11) is 0. The molecule has 34 heavy (non-hydrogen) atoms. The molecule has 4 rings (SSSR count). The van der Waals surface area contributed by atoms with E-state index in [9.17, 15) is 14.7 Å². The lowest BCUT2D eigenvalue weighted by molar-refractivity contribution is -0.140. The van der Waals surface area contributed by atoms with Crippen LogP contribution in [0.4, 0.5) is 0 Å². The second-order valence-electron chi connectivity index (χ2n) is 9.33. The molecular formula is C25H31N5O3S. The number of carbonyl (C=O) groups is 2.